The molecule has 0 unspecified atom stereocenters. The van der Waals surface area contributed by atoms with E-state index in [9.17, 15) is 0 Å². The van der Waals surface area contributed by atoms with Crippen LogP contribution in [0.3, 0.4) is 0 Å². The first-order valence-corrected chi connectivity index (χ1v) is 7.84. The summed E-state index contributed by atoms with van der Waals surface area (Å²) in [7, 11) is 1.77. The van der Waals surface area contributed by atoms with Crippen LogP contribution in [0.1, 0.15) is 43.2 Å². The normalized spacial score (nSPS) is 16.5. The van der Waals surface area contributed by atoms with Gasteiger partial charge in [0.15, 0.2) is 0 Å². The molecule has 0 N–H and O–H groups in total. The number of hydrogen-bond acceptors (Lipinski definition) is 1. The van der Waals surface area contributed by atoms with Crippen molar-refractivity contribution in [2.45, 2.75) is 37.7 Å². The predicted octanol–water partition coefficient (Wildman–Crippen LogP) is 4.52. The van der Waals surface area contributed by atoms with E-state index in [0.717, 1.165) is 29.4 Å². The molecule has 0 aromatic heterocycles. The quantitative estimate of drug-likeness (QED) is 0.701. The first kappa shape index (κ1) is 14.7. The summed E-state index contributed by atoms with van der Waals surface area (Å²) >= 11 is 0. The van der Waals surface area contributed by atoms with Crippen molar-refractivity contribution in [2.75, 3.05) is 7.11 Å². The highest BCUT2D eigenvalue weighted by atomic mass is 16.5. The van der Waals surface area contributed by atoms with Crippen LogP contribution >= 0.6 is 0 Å². The van der Waals surface area contributed by atoms with Gasteiger partial charge in [0, 0.05) is 18.2 Å². The van der Waals surface area contributed by atoms with Crippen molar-refractivity contribution >= 4 is 10.8 Å². The van der Waals surface area contributed by atoms with Crippen molar-refractivity contribution in [1.82, 2.24) is 0 Å². The molecule has 1 aliphatic rings. The summed E-state index contributed by atoms with van der Waals surface area (Å²) in [4.78, 5) is 0. The molecule has 22 heavy (non-hydrogen) atoms. The van der Waals surface area contributed by atoms with Crippen LogP contribution in [0.25, 0.3) is 10.8 Å². The van der Waals surface area contributed by atoms with Gasteiger partial charge in [-0.2, -0.15) is 0 Å². The van der Waals surface area contributed by atoms with Gasteiger partial charge in [0.1, 0.15) is 5.60 Å². The zero-order valence-electron chi connectivity index (χ0n) is 13.0. The second-order valence-electron chi connectivity index (χ2n) is 5.90. The topological polar surface area (TPSA) is 9.23 Å². The van der Waals surface area contributed by atoms with E-state index in [2.05, 4.69) is 36.0 Å². The number of ether oxygens (including phenoxy) is 1. The molecule has 1 heteroatoms. The minimum Gasteiger partial charge on any atom is -0.366 e. The maximum absolute atomic E-state index is 5.74. The summed E-state index contributed by atoms with van der Waals surface area (Å²) in [5.41, 5.74) is 1.48. The first-order valence-electron chi connectivity index (χ1n) is 7.84. The molecule has 3 rings (SSSR count). The third kappa shape index (κ3) is 2.87. The van der Waals surface area contributed by atoms with Gasteiger partial charge >= 0.3 is 0 Å². The van der Waals surface area contributed by atoms with Gasteiger partial charge in [-0.15, -0.1) is 6.42 Å². The van der Waals surface area contributed by atoms with Crippen LogP contribution in [-0.4, -0.2) is 12.7 Å². The van der Waals surface area contributed by atoms with E-state index in [-0.39, 0.29) is 5.60 Å². The summed E-state index contributed by atoms with van der Waals surface area (Å²) in [5.74, 6) is 9.44. The van der Waals surface area contributed by atoms with Crippen molar-refractivity contribution in [3.8, 4) is 24.2 Å². The number of terminal acetylenes is 1. The molecule has 0 bridgehead atoms. The van der Waals surface area contributed by atoms with Gasteiger partial charge in [0.05, 0.1) is 0 Å². The van der Waals surface area contributed by atoms with Crippen LogP contribution in [0.15, 0.2) is 36.4 Å². The molecule has 110 valence electrons. The van der Waals surface area contributed by atoms with Crippen LogP contribution in [-0.2, 0) is 4.74 Å². The molecule has 0 aliphatic heterocycles. The largest absolute Gasteiger partial charge is 0.366 e. The standard InChI is InChI=1S/C21H20O/c1-3-17-15-18-9-5-6-10-19(18)16-20(17)11-14-21(22-2)12-7-4-8-13-21/h1,5-6,9-10,15-16H,4,7-8,12-13H2,2H3. The molecular formula is C21H20O. The van der Waals surface area contributed by atoms with Crippen LogP contribution in [0.4, 0.5) is 0 Å². The molecule has 1 nitrogen and oxygen atoms in total. The molecule has 0 heterocycles. The Morgan fingerprint density at radius 1 is 1.00 bits per heavy atom. The van der Waals surface area contributed by atoms with Crippen LogP contribution < -0.4 is 0 Å². The lowest BCUT2D eigenvalue weighted by Crippen LogP contribution is -2.32. The first-order chi connectivity index (χ1) is 10.8. The maximum Gasteiger partial charge on any atom is 0.128 e. The summed E-state index contributed by atoms with van der Waals surface area (Å²) in [6, 6.07) is 12.4. The highest BCUT2D eigenvalue weighted by Gasteiger charge is 2.29. The Bertz CT molecular complexity index is 777. The number of fused-ring (bicyclic) bond motifs is 1. The van der Waals surface area contributed by atoms with Crippen LogP contribution in [0.5, 0.6) is 0 Å². The lowest BCUT2D eigenvalue weighted by Gasteiger charge is -2.30. The van der Waals surface area contributed by atoms with E-state index in [1.54, 1.807) is 7.11 Å². The van der Waals surface area contributed by atoms with Crippen molar-refractivity contribution in [3.63, 3.8) is 0 Å². The predicted molar refractivity (Wildman–Crippen MR) is 91.6 cm³/mol. The third-order valence-electron chi connectivity index (χ3n) is 4.52. The minimum atomic E-state index is -0.296. The third-order valence-corrected chi connectivity index (χ3v) is 4.52. The molecule has 0 atom stereocenters. The molecule has 0 amide bonds. The Hall–Kier alpha value is -2.22. The Kier molecular flexibility index (Phi) is 4.19. The van der Waals surface area contributed by atoms with E-state index >= 15 is 0 Å². The number of methoxy groups -OCH3 is 1. The molecule has 0 spiro atoms. The lowest BCUT2D eigenvalue weighted by atomic mass is 9.85. The van der Waals surface area contributed by atoms with Gasteiger partial charge < -0.3 is 4.74 Å². The zero-order valence-corrected chi connectivity index (χ0v) is 13.0. The van der Waals surface area contributed by atoms with E-state index < -0.39 is 0 Å². The maximum atomic E-state index is 5.74. The van der Waals surface area contributed by atoms with Crippen molar-refractivity contribution < 1.29 is 4.74 Å². The van der Waals surface area contributed by atoms with Crippen LogP contribution in [0, 0.1) is 24.2 Å². The average Bonchev–Trinajstić information content (AvgIpc) is 2.60. The van der Waals surface area contributed by atoms with Gasteiger partial charge in [0.2, 0.25) is 0 Å². The Morgan fingerprint density at radius 2 is 1.64 bits per heavy atom. The van der Waals surface area contributed by atoms with Gasteiger partial charge in [-0.25, -0.2) is 0 Å². The fraction of sp³-hybridized carbons (Fsp3) is 0.333. The molecule has 2 aromatic carbocycles. The van der Waals surface area contributed by atoms with Gasteiger partial charge in [-0.1, -0.05) is 48.4 Å². The molecule has 1 saturated carbocycles. The summed E-state index contributed by atoms with van der Waals surface area (Å²) < 4.78 is 5.74. The average molecular weight is 288 g/mol. The van der Waals surface area contributed by atoms with E-state index in [4.69, 9.17) is 11.2 Å². The number of benzene rings is 2. The monoisotopic (exact) mass is 288 g/mol. The summed E-state index contributed by atoms with van der Waals surface area (Å²) in [6.07, 6.45) is 11.3. The van der Waals surface area contributed by atoms with Gasteiger partial charge in [-0.05, 0) is 48.6 Å². The fourth-order valence-electron chi connectivity index (χ4n) is 3.15. The molecule has 2 aromatic rings. The van der Waals surface area contributed by atoms with Gasteiger partial charge in [0.25, 0.3) is 0 Å². The van der Waals surface area contributed by atoms with Crippen molar-refractivity contribution in [1.29, 1.82) is 0 Å². The van der Waals surface area contributed by atoms with E-state index in [1.165, 1.54) is 24.6 Å². The molecule has 0 radical (unpaired) electrons. The molecular weight excluding hydrogens is 268 g/mol. The van der Waals surface area contributed by atoms with Crippen molar-refractivity contribution in [3.05, 3.63) is 47.5 Å². The lowest BCUT2D eigenvalue weighted by molar-refractivity contribution is 0.0104. The number of rotatable bonds is 1. The highest BCUT2D eigenvalue weighted by Crippen LogP contribution is 2.30. The van der Waals surface area contributed by atoms with Crippen LogP contribution in [0.2, 0.25) is 0 Å². The molecule has 1 aliphatic carbocycles. The second-order valence-corrected chi connectivity index (χ2v) is 5.90. The molecule has 1 fully saturated rings. The molecule has 0 saturated heterocycles. The fourth-order valence-corrected chi connectivity index (χ4v) is 3.15. The van der Waals surface area contributed by atoms with E-state index in [0.29, 0.717) is 0 Å². The van der Waals surface area contributed by atoms with E-state index in [1.807, 2.05) is 18.2 Å². The SMILES string of the molecule is C#Cc1cc2ccccc2cc1C#CC1(OC)CCCCC1. The minimum absolute atomic E-state index is 0.296. The summed E-state index contributed by atoms with van der Waals surface area (Å²) in [5, 5.41) is 2.32. The zero-order chi connectivity index (χ0) is 15.4. The van der Waals surface area contributed by atoms with Gasteiger partial charge in [-0.3, -0.25) is 0 Å². The number of hydrogen-bond donors (Lipinski definition) is 0. The Morgan fingerprint density at radius 3 is 2.23 bits per heavy atom. The Balaban J connectivity index is 2.03. The van der Waals surface area contributed by atoms with Crippen molar-refractivity contribution in [2.24, 2.45) is 0 Å². The smallest absolute Gasteiger partial charge is 0.128 e. The second kappa shape index (κ2) is 6.27. The Labute approximate surface area is 132 Å². The highest BCUT2D eigenvalue weighted by molar-refractivity contribution is 5.86. The summed E-state index contributed by atoms with van der Waals surface area (Å²) in [6.45, 7) is 0.